The molecule has 1 aliphatic rings. The lowest BCUT2D eigenvalue weighted by Gasteiger charge is -1.98. The highest BCUT2D eigenvalue weighted by atomic mass is 14.1. The summed E-state index contributed by atoms with van der Waals surface area (Å²) in [4.78, 5) is 0. The zero-order valence-electron chi connectivity index (χ0n) is 7.69. The molecule has 0 N–H and O–H groups in total. The van der Waals surface area contributed by atoms with E-state index in [1.165, 1.54) is 37.7 Å². The Kier molecular flexibility index (Phi) is 3.41. The lowest BCUT2D eigenvalue weighted by molar-refractivity contribution is 0.708. The van der Waals surface area contributed by atoms with Crippen molar-refractivity contribution in [1.29, 1.82) is 0 Å². The minimum Gasteiger partial charge on any atom is -0.0775 e. The van der Waals surface area contributed by atoms with Crippen molar-refractivity contribution < 1.29 is 0 Å². The minimum atomic E-state index is 1.22. The van der Waals surface area contributed by atoms with E-state index in [2.05, 4.69) is 26.0 Å². The van der Waals surface area contributed by atoms with Crippen LogP contribution in [0.5, 0.6) is 0 Å². The standard InChI is InChI=1S/C11H18/c1-3-4-5-6-11-8-7-10(2)9-11/h7,9H,3-6,8H2,1-2H3. The second kappa shape index (κ2) is 4.38. The molecule has 11 heavy (non-hydrogen) atoms. The lowest BCUT2D eigenvalue weighted by Crippen LogP contribution is -1.79. The average Bonchev–Trinajstić information content (AvgIpc) is 2.37. The third-order valence-corrected chi connectivity index (χ3v) is 2.22. The number of allylic oxidation sites excluding steroid dienone is 4. The minimum absolute atomic E-state index is 1.22. The van der Waals surface area contributed by atoms with Gasteiger partial charge in [-0.15, -0.1) is 0 Å². The first kappa shape index (κ1) is 8.58. The maximum Gasteiger partial charge on any atom is -0.0130 e. The molecule has 0 radical (unpaired) electrons. The van der Waals surface area contributed by atoms with E-state index in [4.69, 9.17) is 0 Å². The summed E-state index contributed by atoms with van der Waals surface area (Å²) < 4.78 is 0. The van der Waals surface area contributed by atoms with Crippen molar-refractivity contribution in [2.24, 2.45) is 0 Å². The van der Waals surface area contributed by atoms with Crippen molar-refractivity contribution >= 4 is 0 Å². The molecule has 0 heterocycles. The van der Waals surface area contributed by atoms with E-state index in [0.29, 0.717) is 0 Å². The molecule has 0 aliphatic heterocycles. The fourth-order valence-corrected chi connectivity index (χ4v) is 1.51. The molecule has 0 aromatic heterocycles. The Morgan fingerprint density at radius 3 is 2.73 bits per heavy atom. The van der Waals surface area contributed by atoms with Crippen LogP contribution in [0.3, 0.4) is 0 Å². The molecule has 0 saturated heterocycles. The molecule has 1 rings (SSSR count). The first-order valence-electron chi connectivity index (χ1n) is 4.69. The van der Waals surface area contributed by atoms with Crippen LogP contribution < -0.4 is 0 Å². The average molecular weight is 150 g/mol. The van der Waals surface area contributed by atoms with Crippen LogP contribution in [0.25, 0.3) is 0 Å². The van der Waals surface area contributed by atoms with Gasteiger partial charge in [0.15, 0.2) is 0 Å². The summed E-state index contributed by atoms with van der Waals surface area (Å²) in [5.41, 5.74) is 3.09. The summed E-state index contributed by atoms with van der Waals surface area (Å²) in [6.45, 7) is 4.44. The molecule has 0 aromatic rings. The van der Waals surface area contributed by atoms with E-state index in [1.807, 2.05) is 0 Å². The van der Waals surface area contributed by atoms with Crippen molar-refractivity contribution in [3.63, 3.8) is 0 Å². The van der Waals surface area contributed by atoms with Crippen molar-refractivity contribution in [3.05, 3.63) is 23.3 Å². The summed E-state index contributed by atoms with van der Waals surface area (Å²) in [6, 6.07) is 0. The van der Waals surface area contributed by atoms with Crippen molar-refractivity contribution in [3.8, 4) is 0 Å². The van der Waals surface area contributed by atoms with E-state index in [9.17, 15) is 0 Å². The van der Waals surface area contributed by atoms with E-state index >= 15 is 0 Å². The predicted octanol–water partition coefficient (Wildman–Crippen LogP) is 3.84. The molecule has 1 aliphatic carbocycles. The van der Waals surface area contributed by atoms with Crippen LogP contribution in [-0.2, 0) is 0 Å². The molecule has 0 fully saturated rings. The van der Waals surface area contributed by atoms with Gasteiger partial charge in [0.25, 0.3) is 0 Å². The molecule has 0 unspecified atom stereocenters. The lowest BCUT2D eigenvalue weighted by atomic mass is 10.1. The first-order valence-corrected chi connectivity index (χ1v) is 4.69. The van der Waals surface area contributed by atoms with Gasteiger partial charge in [-0.25, -0.2) is 0 Å². The maximum atomic E-state index is 2.34. The second-order valence-electron chi connectivity index (χ2n) is 3.41. The third-order valence-electron chi connectivity index (χ3n) is 2.22. The molecule has 0 spiro atoms. The van der Waals surface area contributed by atoms with Gasteiger partial charge in [-0.2, -0.15) is 0 Å². The fraction of sp³-hybridized carbons (Fsp3) is 0.636. The predicted molar refractivity (Wildman–Crippen MR) is 50.6 cm³/mol. The Hall–Kier alpha value is -0.520. The Labute approximate surface area is 70.0 Å². The van der Waals surface area contributed by atoms with Gasteiger partial charge in [0.1, 0.15) is 0 Å². The summed E-state index contributed by atoms with van der Waals surface area (Å²) in [6.07, 6.45) is 11.3. The maximum absolute atomic E-state index is 2.34. The highest BCUT2D eigenvalue weighted by Gasteiger charge is 2.01. The number of unbranched alkanes of at least 4 members (excludes halogenated alkanes) is 2. The van der Waals surface area contributed by atoms with Crippen molar-refractivity contribution in [2.75, 3.05) is 0 Å². The largest absolute Gasteiger partial charge is 0.0775 e. The molecule has 0 bridgehead atoms. The molecule has 0 heteroatoms. The van der Waals surface area contributed by atoms with E-state index in [1.54, 1.807) is 5.57 Å². The highest BCUT2D eigenvalue weighted by Crippen LogP contribution is 2.21. The van der Waals surface area contributed by atoms with Gasteiger partial charge in [-0.3, -0.25) is 0 Å². The van der Waals surface area contributed by atoms with Crippen molar-refractivity contribution in [1.82, 2.24) is 0 Å². The van der Waals surface area contributed by atoms with E-state index < -0.39 is 0 Å². The molecule has 0 nitrogen and oxygen atoms in total. The second-order valence-corrected chi connectivity index (χ2v) is 3.41. The molecule has 0 amide bonds. The fourth-order valence-electron chi connectivity index (χ4n) is 1.51. The Balaban J connectivity index is 2.15. The first-order chi connectivity index (χ1) is 5.33. The van der Waals surface area contributed by atoms with Gasteiger partial charge in [-0.1, -0.05) is 43.1 Å². The van der Waals surface area contributed by atoms with Crippen LogP contribution >= 0.6 is 0 Å². The third kappa shape index (κ3) is 2.92. The Morgan fingerprint density at radius 2 is 2.18 bits per heavy atom. The van der Waals surface area contributed by atoms with Crippen LogP contribution in [0.15, 0.2) is 23.3 Å². The smallest absolute Gasteiger partial charge is 0.0130 e. The molecular weight excluding hydrogens is 132 g/mol. The molecule has 62 valence electrons. The zero-order chi connectivity index (χ0) is 8.10. The molecule has 0 atom stereocenters. The SMILES string of the molecule is CCCCCC1=CC(C)=CC1. The van der Waals surface area contributed by atoms with Gasteiger partial charge >= 0.3 is 0 Å². The van der Waals surface area contributed by atoms with Gasteiger partial charge in [0, 0.05) is 0 Å². The van der Waals surface area contributed by atoms with Crippen molar-refractivity contribution in [2.45, 2.75) is 46.0 Å². The van der Waals surface area contributed by atoms with Crippen LogP contribution in [0, 0.1) is 0 Å². The normalized spacial score (nSPS) is 16.5. The van der Waals surface area contributed by atoms with Crippen LogP contribution in [0.4, 0.5) is 0 Å². The summed E-state index contributed by atoms with van der Waals surface area (Å²) >= 11 is 0. The topological polar surface area (TPSA) is 0 Å². The Morgan fingerprint density at radius 1 is 1.36 bits per heavy atom. The zero-order valence-corrected chi connectivity index (χ0v) is 7.69. The highest BCUT2D eigenvalue weighted by molar-refractivity contribution is 5.30. The van der Waals surface area contributed by atoms with Gasteiger partial charge in [-0.05, 0) is 26.2 Å². The van der Waals surface area contributed by atoms with E-state index in [0.717, 1.165) is 0 Å². The number of hydrogen-bond donors (Lipinski definition) is 0. The molecular formula is C11H18. The van der Waals surface area contributed by atoms with Gasteiger partial charge in [0.2, 0.25) is 0 Å². The van der Waals surface area contributed by atoms with Crippen LogP contribution in [-0.4, -0.2) is 0 Å². The van der Waals surface area contributed by atoms with Gasteiger partial charge < -0.3 is 0 Å². The van der Waals surface area contributed by atoms with Crippen LogP contribution in [0.1, 0.15) is 46.0 Å². The number of hydrogen-bond acceptors (Lipinski definition) is 0. The Bertz CT molecular complexity index is 172. The summed E-state index contributed by atoms with van der Waals surface area (Å²) in [7, 11) is 0. The quantitative estimate of drug-likeness (QED) is 0.534. The van der Waals surface area contributed by atoms with Crippen LogP contribution in [0.2, 0.25) is 0 Å². The van der Waals surface area contributed by atoms with Gasteiger partial charge in [0.05, 0.1) is 0 Å². The molecule has 0 aromatic carbocycles. The monoisotopic (exact) mass is 150 g/mol. The summed E-state index contributed by atoms with van der Waals surface area (Å²) in [5, 5.41) is 0. The number of rotatable bonds is 4. The summed E-state index contributed by atoms with van der Waals surface area (Å²) in [5.74, 6) is 0. The van der Waals surface area contributed by atoms with E-state index in [-0.39, 0.29) is 0 Å². The molecule has 0 saturated carbocycles.